The highest BCUT2D eigenvalue weighted by Crippen LogP contribution is 2.29. The van der Waals surface area contributed by atoms with Crippen LogP contribution in [0.25, 0.3) is 0 Å². The van der Waals surface area contributed by atoms with Crippen molar-refractivity contribution < 1.29 is 8.42 Å². The number of nitrogen functional groups attached to an aromatic ring is 1. The Morgan fingerprint density at radius 2 is 2.00 bits per heavy atom. The average molecular weight is 368 g/mol. The second-order valence-electron chi connectivity index (χ2n) is 3.40. The van der Waals surface area contributed by atoms with E-state index >= 15 is 0 Å². The van der Waals surface area contributed by atoms with E-state index in [4.69, 9.17) is 17.3 Å². The van der Waals surface area contributed by atoms with E-state index < -0.39 is 10.0 Å². The van der Waals surface area contributed by atoms with E-state index in [1.165, 1.54) is 12.1 Å². The Labute approximate surface area is 122 Å². The molecule has 2 aromatic rings. The van der Waals surface area contributed by atoms with Gasteiger partial charge < -0.3 is 5.73 Å². The molecule has 0 unspecified atom stereocenters. The Hall–Kier alpha value is -0.760. The Morgan fingerprint density at radius 1 is 1.28 bits per heavy atom. The Balaban J connectivity index is 2.33. The van der Waals surface area contributed by atoms with Gasteiger partial charge in [-0.25, -0.2) is 8.42 Å². The summed E-state index contributed by atoms with van der Waals surface area (Å²) in [6.45, 7) is 0. The van der Waals surface area contributed by atoms with E-state index in [1.54, 1.807) is 18.2 Å². The van der Waals surface area contributed by atoms with Crippen LogP contribution < -0.4 is 10.5 Å². The molecule has 0 fully saturated rings. The maximum atomic E-state index is 12.0. The van der Waals surface area contributed by atoms with Gasteiger partial charge in [-0.1, -0.05) is 27.5 Å². The summed E-state index contributed by atoms with van der Waals surface area (Å²) in [5.41, 5.74) is 6.41. The summed E-state index contributed by atoms with van der Waals surface area (Å²) in [6.07, 6.45) is 0. The molecular weight excluding hydrogens is 360 g/mol. The third kappa shape index (κ3) is 2.97. The zero-order valence-corrected chi connectivity index (χ0v) is 12.8. The SMILES string of the molecule is Nc1cc(Br)ccc1NS(=O)(=O)c1ccc(Cl)s1. The second kappa shape index (κ2) is 5.08. The Morgan fingerprint density at radius 3 is 2.56 bits per heavy atom. The first kappa shape index (κ1) is 13.7. The molecule has 1 heterocycles. The van der Waals surface area contributed by atoms with Gasteiger partial charge in [-0.05, 0) is 30.3 Å². The summed E-state index contributed by atoms with van der Waals surface area (Å²) in [5, 5.41) is 0. The van der Waals surface area contributed by atoms with Gasteiger partial charge in [-0.15, -0.1) is 11.3 Å². The van der Waals surface area contributed by atoms with Crippen molar-refractivity contribution in [1.29, 1.82) is 0 Å². The number of anilines is 2. The Kier molecular flexibility index (Phi) is 3.86. The molecule has 2 rings (SSSR count). The Bertz CT molecular complexity index is 685. The van der Waals surface area contributed by atoms with E-state index in [2.05, 4.69) is 20.7 Å². The zero-order valence-electron chi connectivity index (χ0n) is 8.85. The van der Waals surface area contributed by atoms with Crippen LogP contribution in [0, 0.1) is 0 Å². The molecule has 0 bridgehead atoms. The summed E-state index contributed by atoms with van der Waals surface area (Å²) >= 11 is 9.96. The molecule has 0 aliphatic heterocycles. The molecular formula is C10H8BrClN2O2S2. The largest absolute Gasteiger partial charge is 0.397 e. The molecule has 1 aromatic carbocycles. The predicted octanol–water partition coefficient (Wildman–Crippen LogP) is 3.55. The van der Waals surface area contributed by atoms with Crippen LogP contribution in [0.4, 0.5) is 11.4 Å². The summed E-state index contributed by atoms with van der Waals surface area (Å²) in [7, 11) is -3.64. The molecule has 0 aliphatic carbocycles. The van der Waals surface area contributed by atoms with Crippen molar-refractivity contribution in [3.8, 4) is 0 Å². The van der Waals surface area contributed by atoms with Crippen molar-refractivity contribution in [2.24, 2.45) is 0 Å². The van der Waals surface area contributed by atoms with Gasteiger partial charge in [0, 0.05) is 4.47 Å². The molecule has 3 N–H and O–H groups in total. The van der Waals surface area contributed by atoms with E-state index in [1.807, 2.05) is 0 Å². The fourth-order valence-corrected chi connectivity index (χ4v) is 4.21. The van der Waals surface area contributed by atoms with Crippen LogP contribution in [0.3, 0.4) is 0 Å². The molecule has 0 saturated heterocycles. The van der Waals surface area contributed by atoms with Gasteiger partial charge in [-0.3, -0.25) is 4.72 Å². The lowest BCUT2D eigenvalue weighted by Gasteiger charge is -2.09. The van der Waals surface area contributed by atoms with Crippen LogP contribution >= 0.6 is 38.9 Å². The fourth-order valence-electron chi connectivity index (χ4n) is 1.26. The number of thiophene rings is 1. The monoisotopic (exact) mass is 366 g/mol. The third-order valence-corrected chi connectivity index (χ3v) is 5.65. The summed E-state index contributed by atoms with van der Waals surface area (Å²) in [5.74, 6) is 0. The molecule has 0 atom stereocenters. The minimum atomic E-state index is -3.64. The van der Waals surface area contributed by atoms with Gasteiger partial charge in [0.1, 0.15) is 4.21 Å². The van der Waals surface area contributed by atoms with Crippen molar-refractivity contribution in [3.05, 3.63) is 39.1 Å². The molecule has 0 spiro atoms. The van der Waals surface area contributed by atoms with Gasteiger partial charge in [0.05, 0.1) is 15.7 Å². The number of benzene rings is 1. The molecule has 0 aliphatic rings. The van der Waals surface area contributed by atoms with Crippen molar-refractivity contribution in [1.82, 2.24) is 0 Å². The first-order chi connectivity index (χ1) is 8.38. The van der Waals surface area contributed by atoms with Crippen molar-refractivity contribution >= 4 is 60.3 Å². The van der Waals surface area contributed by atoms with Gasteiger partial charge in [0.15, 0.2) is 0 Å². The standard InChI is InChI=1S/C10H8BrClN2O2S2/c11-6-1-2-8(7(13)5-6)14-18(15,16)10-4-3-9(12)17-10/h1-5,14H,13H2. The number of sulfonamides is 1. The number of halogens is 2. The minimum absolute atomic E-state index is 0.148. The zero-order chi connectivity index (χ0) is 13.3. The van der Waals surface area contributed by atoms with Gasteiger partial charge in [-0.2, -0.15) is 0 Å². The van der Waals surface area contributed by atoms with Gasteiger partial charge >= 0.3 is 0 Å². The predicted molar refractivity (Wildman–Crippen MR) is 78.7 cm³/mol. The lowest BCUT2D eigenvalue weighted by Crippen LogP contribution is -2.12. The highest BCUT2D eigenvalue weighted by Gasteiger charge is 2.17. The molecule has 1 aromatic heterocycles. The molecule has 0 amide bonds. The molecule has 8 heteroatoms. The number of hydrogen-bond donors (Lipinski definition) is 2. The first-order valence-electron chi connectivity index (χ1n) is 4.72. The van der Waals surface area contributed by atoms with Gasteiger partial charge in [0.2, 0.25) is 0 Å². The molecule has 0 radical (unpaired) electrons. The van der Waals surface area contributed by atoms with Crippen LogP contribution in [-0.4, -0.2) is 8.42 Å². The second-order valence-corrected chi connectivity index (χ2v) is 7.94. The lowest BCUT2D eigenvalue weighted by atomic mass is 10.3. The van der Waals surface area contributed by atoms with E-state index in [0.29, 0.717) is 15.7 Å². The third-order valence-electron chi connectivity index (χ3n) is 2.07. The quantitative estimate of drug-likeness (QED) is 0.815. The highest BCUT2D eigenvalue weighted by atomic mass is 79.9. The van der Waals surface area contributed by atoms with E-state index in [9.17, 15) is 8.42 Å². The van der Waals surface area contributed by atoms with Crippen LogP contribution in [0.5, 0.6) is 0 Å². The number of nitrogens with two attached hydrogens (primary N) is 1. The number of hydrogen-bond acceptors (Lipinski definition) is 4. The highest BCUT2D eigenvalue weighted by molar-refractivity contribution is 9.10. The van der Waals surface area contributed by atoms with E-state index in [-0.39, 0.29) is 4.21 Å². The first-order valence-corrected chi connectivity index (χ1v) is 8.19. The smallest absolute Gasteiger partial charge is 0.271 e. The summed E-state index contributed by atoms with van der Waals surface area (Å²) in [6, 6.07) is 7.90. The van der Waals surface area contributed by atoms with E-state index in [0.717, 1.165) is 15.8 Å². The van der Waals surface area contributed by atoms with Gasteiger partial charge in [0.25, 0.3) is 10.0 Å². The van der Waals surface area contributed by atoms with Crippen molar-refractivity contribution in [2.75, 3.05) is 10.5 Å². The topological polar surface area (TPSA) is 72.2 Å². The maximum Gasteiger partial charge on any atom is 0.271 e. The average Bonchev–Trinajstić information content (AvgIpc) is 2.70. The van der Waals surface area contributed by atoms with Crippen LogP contribution in [0.15, 0.2) is 39.0 Å². The summed E-state index contributed by atoms with van der Waals surface area (Å²) in [4.78, 5) is 0. The maximum absolute atomic E-state index is 12.0. The van der Waals surface area contributed by atoms with Crippen LogP contribution in [-0.2, 0) is 10.0 Å². The lowest BCUT2D eigenvalue weighted by molar-refractivity contribution is 0.603. The number of nitrogens with one attached hydrogen (secondary N) is 1. The fraction of sp³-hybridized carbons (Fsp3) is 0. The summed E-state index contributed by atoms with van der Waals surface area (Å²) < 4.78 is 27.8. The molecule has 0 saturated carbocycles. The number of rotatable bonds is 3. The molecule has 18 heavy (non-hydrogen) atoms. The van der Waals surface area contributed by atoms with Crippen LogP contribution in [0.2, 0.25) is 4.34 Å². The molecule has 96 valence electrons. The van der Waals surface area contributed by atoms with Crippen molar-refractivity contribution in [2.45, 2.75) is 4.21 Å². The minimum Gasteiger partial charge on any atom is -0.397 e. The normalized spacial score (nSPS) is 11.4. The van der Waals surface area contributed by atoms with Crippen LogP contribution in [0.1, 0.15) is 0 Å². The van der Waals surface area contributed by atoms with Crippen molar-refractivity contribution in [3.63, 3.8) is 0 Å². The molecule has 4 nitrogen and oxygen atoms in total.